The third kappa shape index (κ3) is 5.33. The van der Waals surface area contributed by atoms with Crippen LogP contribution in [0, 0.1) is 0 Å². The van der Waals surface area contributed by atoms with Crippen LogP contribution in [0.4, 0.5) is 8.78 Å². The van der Waals surface area contributed by atoms with Gasteiger partial charge in [0, 0.05) is 10.4 Å². The van der Waals surface area contributed by atoms with Crippen LogP contribution < -0.4 is 10.0 Å². The van der Waals surface area contributed by atoms with E-state index >= 15 is 0 Å². The minimum absolute atomic E-state index is 0.0643. The third-order valence-corrected chi connectivity index (χ3v) is 3.91. The van der Waals surface area contributed by atoms with Gasteiger partial charge in [-0.2, -0.15) is 8.78 Å². The third-order valence-electron chi connectivity index (χ3n) is 2.31. The lowest BCUT2D eigenvalue weighted by Crippen LogP contribution is -2.54. The molecule has 1 atom stereocenters. The normalized spacial score (nSPS) is 14.8. The number of amides is 1. The number of sulfonamides is 1. The summed E-state index contributed by atoms with van der Waals surface area (Å²) in [5.74, 6) is -5.44. The second kappa shape index (κ2) is 5.98. The molecule has 0 aliphatic heterocycles. The van der Waals surface area contributed by atoms with Gasteiger partial charge in [-0.05, 0) is 32.2 Å². The predicted molar refractivity (Wildman–Crippen MR) is 77.9 cm³/mol. The topological polar surface area (TPSA) is 75.3 Å². The van der Waals surface area contributed by atoms with Gasteiger partial charge in [0.15, 0.2) is 0 Å². The van der Waals surface area contributed by atoms with E-state index in [0.29, 0.717) is 0 Å². The summed E-state index contributed by atoms with van der Waals surface area (Å²) in [6, 6.07) is 0.926. The van der Waals surface area contributed by atoms with Gasteiger partial charge in [-0.3, -0.25) is 4.79 Å². The zero-order chi connectivity index (χ0) is 16.5. The molecule has 120 valence electrons. The van der Waals surface area contributed by atoms with Crippen LogP contribution in [0.3, 0.4) is 0 Å². The minimum atomic E-state index is -3.92. The van der Waals surface area contributed by atoms with Crippen molar-refractivity contribution < 1.29 is 22.0 Å². The molecule has 9 heteroatoms. The number of hydrogen-bond donors (Lipinski definition) is 2. The minimum Gasteiger partial charge on any atom is -0.346 e. The van der Waals surface area contributed by atoms with Crippen molar-refractivity contribution in [1.29, 1.82) is 0 Å². The molecule has 1 heterocycles. The van der Waals surface area contributed by atoms with Crippen molar-refractivity contribution in [2.45, 2.75) is 38.3 Å². The van der Waals surface area contributed by atoms with Gasteiger partial charge in [0.2, 0.25) is 10.0 Å². The molecule has 1 amide bonds. The number of hydrogen-bond acceptors (Lipinski definition) is 4. The van der Waals surface area contributed by atoms with Crippen LogP contribution >= 0.6 is 11.3 Å². The van der Waals surface area contributed by atoms with Crippen molar-refractivity contribution in [2.24, 2.45) is 0 Å². The van der Waals surface area contributed by atoms with Gasteiger partial charge in [-0.25, -0.2) is 13.1 Å². The fourth-order valence-electron chi connectivity index (χ4n) is 1.54. The van der Waals surface area contributed by atoms with E-state index < -0.39 is 33.4 Å². The lowest BCUT2D eigenvalue weighted by molar-refractivity contribution is -0.151. The first kappa shape index (κ1) is 18.0. The molecule has 0 saturated heterocycles. The number of nitrogens with one attached hydrogen (secondary N) is 2. The lowest BCUT2D eigenvalue weighted by atomic mass is 10.0. The van der Waals surface area contributed by atoms with E-state index in [-0.39, 0.29) is 4.88 Å². The molecule has 0 bridgehead atoms. The number of carbonyl (C=O) groups excluding carboxylic acids is 1. The molecule has 1 unspecified atom stereocenters. The average molecular weight is 340 g/mol. The quantitative estimate of drug-likeness (QED) is 0.859. The van der Waals surface area contributed by atoms with Crippen LogP contribution in [0.1, 0.15) is 31.7 Å². The Morgan fingerprint density at radius 3 is 2.29 bits per heavy atom. The molecule has 5 nitrogen and oxygen atoms in total. The van der Waals surface area contributed by atoms with Crippen LogP contribution in [0.25, 0.3) is 0 Å². The molecular formula is C12H18F2N2O3S2. The number of rotatable bonds is 5. The molecule has 0 aliphatic carbocycles. The Bertz CT molecular complexity index is 593. The summed E-state index contributed by atoms with van der Waals surface area (Å²) in [6.45, 7) is 4.68. The smallest absolute Gasteiger partial charge is 0.345 e. The summed E-state index contributed by atoms with van der Waals surface area (Å²) in [5.41, 5.74) is -0.856. The van der Waals surface area contributed by atoms with Crippen LogP contribution in [0.15, 0.2) is 17.5 Å². The Morgan fingerprint density at radius 1 is 1.33 bits per heavy atom. The van der Waals surface area contributed by atoms with Gasteiger partial charge in [0.05, 0.1) is 6.26 Å². The Hall–Kier alpha value is -1.06. The highest BCUT2D eigenvalue weighted by molar-refractivity contribution is 7.88. The molecule has 21 heavy (non-hydrogen) atoms. The maximum absolute atomic E-state index is 14.4. The molecular weight excluding hydrogens is 322 g/mol. The molecule has 0 aromatic carbocycles. The molecule has 1 aromatic rings. The molecule has 0 radical (unpaired) electrons. The van der Waals surface area contributed by atoms with Crippen LogP contribution in [-0.4, -0.2) is 32.0 Å². The Balaban J connectivity index is 3.15. The molecule has 0 spiro atoms. The van der Waals surface area contributed by atoms with E-state index in [0.717, 1.165) is 17.6 Å². The number of alkyl halides is 2. The van der Waals surface area contributed by atoms with Gasteiger partial charge in [-0.15, -0.1) is 11.3 Å². The highest BCUT2D eigenvalue weighted by atomic mass is 32.2. The van der Waals surface area contributed by atoms with E-state index in [1.807, 2.05) is 4.72 Å². The molecule has 0 saturated carbocycles. The molecule has 0 fully saturated rings. The Morgan fingerprint density at radius 2 is 1.90 bits per heavy atom. The fourth-order valence-corrected chi connectivity index (χ4v) is 3.13. The summed E-state index contributed by atoms with van der Waals surface area (Å²) in [5, 5.41) is 3.70. The monoisotopic (exact) mass is 340 g/mol. The predicted octanol–water partition coefficient (Wildman–Crippen LogP) is 1.89. The summed E-state index contributed by atoms with van der Waals surface area (Å²) >= 11 is 0.947. The van der Waals surface area contributed by atoms with Gasteiger partial charge in [0.25, 0.3) is 5.91 Å². The zero-order valence-electron chi connectivity index (χ0n) is 12.1. The van der Waals surface area contributed by atoms with Crippen molar-refractivity contribution in [3.05, 3.63) is 22.4 Å². The Labute approximate surface area is 126 Å². The second-order valence-corrected chi connectivity index (χ2v) is 8.42. The number of halogens is 2. The maximum atomic E-state index is 14.4. The van der Waals surface area contributed by atoms with Crippen LogP contribution in [0.2, 0.25) is 0 Å². The first-order chi connectivity index (χ1) is 9.33. The fraction of sp³-hybridized carbons (Fsp3) is 0.583. The second-order valence-electron chi connectivity index (χ2n) is 5.67. The molecule has 1 rings (SSSR count). The van der Waals surface area contributed by atoms with Crippen molar-refractivity contribution in [3.8, 4) is 0 Å². The van der Waals surface area contributed by atoms with Crippen molar-refractivity contribution in [3.63, 3.8) is 0 Å². The van der Waals surface area contributed by atoms with Gasteiger partial charge < -0.3 is 5.32 Å². The van der Waals surface area contributed by atoms with E-state index in [9.17, 15) is 22.0 Å². The maximum Gasteiger partial charge on any atom is 0.345 e. The number of thiophene rings is 1. The molecule has 0 aliphatic rings. The summed E-state index contributed by atoms with van der Waals surface area (Å²) < 4.78 is 53.2. The van der Waals surface area contributed by atoms with E-state index in [2.05, 4.69) is 5.32 Å². The Kier molecular flexibility index (Phi) is 5.12. The average Bonchev–Trinajstić information content (AvgIpc) is 2.74. The number of carbonyl (C=O) groups is 1. The first-order valence-corrected chi connectivity index (χ1v) is 8.81. The highest BCUT2D eigenvalue weighted by Gasteiger charge is 2.50. The van der Waals surface area contributed by atoms with Gasteiger partial charge in [0.1, 0.15) is 6.04 Å². The zero-order valence-corrected chi connectivity index (χ0v) is 13.7. The summed E-state index contributed by atoms with van der Waals surface area (Å²) in [6.07, 6.45) is 0.769. The lowest BCUT2D eigenvalue weighted by Gasteiger charge is -2.29. The largest absolute Gasteiger partial charge is 0.346 e. The van der Waals surface area contributed by atoms with Crippen molar-refractivity contribution >= 4 is 27.3 Å². The van der Waals surface area contributed by atoms with Crippen LogP contribution in [0.5, 0.6) is 0 Å². The van der Waals surface area contributed by atoms with Gasteiger partial charge >= 0.3 is 5.92 Å². The van der Waals surface area contributed by atoms with Crippen LogP contribution in [-0.2, 0) is 14.8 Å². The van der Waals surface area contributed by atoms with E-state index in [1.54, 1.807) is 20.8 Å². The summed E-state index contributed by atoms with van der Waals surface area (Å²) in [4.78, 5) is 11.9. The molecule has 1 aromatic heterocycles. The van der Waals surface area contributed by atoms with E-state index in [1.165, 1.54) is 17.5 Å². The van der Waals surface area contributed by atoms with Crippen molar-refractivity contribution in [1.82, 2.24) is 10.0 Å². The standard InChI is InChI=1S/C12H18F2N2O3S2/c1-11(2,3)15-10(17)12(13,14)9(16-21(4,18)19)8-6-5-7-20-8/h5-7,9,16H,1-4H3,(H,15,17). The summed E-state index contributed by atoms with van der Waals surface area (Å²) in [7, 11) is -3.91. The highest BCUT2D eigenvalue weighted by Crippen LogP contribution is 2.35. The van der Waals surface area contributed by atoms with Crippen molar-refractivity contribution in [2.75, 3.05) is 6.26 Å². The first-order valence-electron chi connectivity index (χ1n) is 6.04. The van der Waals surface area contributed by atoms with E-state index in [4.69, 9.17) is 0 Å². The molecule has 2 N–H and O–H groups in total. The SMILES string of the molecule is CC(C)(C)NC(=O)C(F)(F)C(NS(C)(=O)=O)c1cccs1. The van der Waals surface area contributed by atoms with Gasteiger partial charge in [-0.1, -0.05) is 6.07 Å².